The van der Waals surface area contributed by atoms with Gasteiger partial charge in [0.15, 0.2) is 5.78 Å². The van der Waals surface area contributed by atoms with E-state index in [1.165, 1.54) is 12.8 Å². The van der Waals surface area contributed by atoms with Crippen LogP contribution in [0, 0.1) is 11.3 Å². The van der Waals surface area contributed by atoms with Crippen molar-refractivity contribution in [2.45, 2.75) is 53.0 Å². The number of hydrogen-bond acceptors (Lipinski definition) is 3. The zero-order valence-electron chi connectivity index (χ0n) is 12.9. The first-order valence-corrected chi connectivity index (χ1v) is 7.33. The van der Waals surface area contributed by atoms with Gasteiger partial charge in [-0.1, -0.05) is 19.8 Å². The number of nitrogens with zero attached hydrogens (tertiary/aromatic N) is 2. The van der Waals surface area contributed by atoms with Gasteiger partial charge in [-0.2, -0.15) is 5.26 Å². The molecule has 0 bridgehead atoms. The highest BCUT2D eigenvalue weighted by atomic mass is 16.1. The fraction of sp³-hybridized carbons (Fsp3) is 0.529. The van der Waals surface area contributed by atoms with E-state index >= 15 is 0 Å². The Balaban J connectivity index is 3.16. The standard InChI is InChI=1S/C17H24N2O/c1-5-6-7-10-19(13(2)3)17-11-15(12-18)8-9-16(17)14(4)20/h8-9,11,13H,5-7,10H2,1-4H3. The maximum atomic E-state index is 11.8. The topological polar surface area (TPSA) is 44.1 Å². The average molecular weight is 272 g/mol. The Bertz CT molecular complexity index is 500. The fourth-order valence-electron chi connectivity index (χ4n) is 2.33. The monoisotopic (exact) mass is 272 g/mol. The van der Waals surface area contributed by atoms with Crippen molar-refractivity contribution >= 4 is 11.5 Å². The average Bonchev–Trinajstić information content (AvgIpc) is 2.42. The predicted molar refractivity (Wildman–Crippen MR) is 83.2 cm³/mol. The van der Waals surface area contributed by atoms with Gasteiger partial charge < -0.3 is 4.90 Å². The number of benzene rings is 1. The molecule has 3 nitrogen and oxygen atoms in total. The third-order valence-corrected chi connectivity index (χ3v) is 3.44. The van der Waals surface area contributed by atoms with Gasteiger partial charge in [-0.15, -0.1) is 0 Å². The molecule has 1 aromatic carbocycles. The third kappa shape index (κ3) is 4.09. The molecule has 0 atom stereocenters. The van der Waals surface area contributed by atoms with Crippen LogP contribution >= 0.6 is 0 Å². The minimum Gasteiger partial charge on any atom is -0.368 e. The Morgan fingerprint density at radius 1 is 1.35 bits per heavy atom. The van der Waals surface area contributed by atoms with Gasteiger partial charge in [-0.3, -0.25) is 4.79 Å². The fourth-order valence-corrected chi connectivity index (χ4v) is 2.33. The van der Waals surface area contributed by atoms with Crippen molar-refractivity contribution in [3.8, 4) is 6.07 Å². The summed E-state index contributed by atoms with van der Waals surface area (Å²) in [6.45, 7) is 8.91. The molecule has 0 fully saturated rings. The van der Waals surface area contributed by atoms with Gasteiger partial charge in [0.05, 0.1) is 11.6 Å². The molecule has 0 aliphatic carbocycles. The molecule has 0 saturated carbocycles. The summed E-state index contributed by atoms with van der Waals surface area (Å²) in [5, 5.41) is 9.07. The zero-order valence-corrected chi connectivity index (χ0v) is 12.9. The summed E-state index contributed by atoms with van der Waals surface area (Å²) in [6, 6.07) is 7.78. The van der Waals surface area contributed by atoms with Crippen molar-refractivity contribution in [3.63, 3.8) is 0 Å². The van der Waals surface area contributed by atoms with E-state index in [0.29, 0.717) is 17.2 Å². The molecule has 0 N–H and O–H groups in total. The van der Waals surface area contributed by atoms with Crippen LogP contribution in [0.1, 0.15) is 62.9 Å². The number of hydrogen-bond donors (Lipinski definition) is 0. The molecule has 1 rings (SSSR count). The molecule has 0 aromatic heterocycles. The van der Waals surface area contributed by atoms with Crippen LogP contribution in [0.25, 0.3) is 0 Å². The van der Waals surface area contributed by atoms with Crippen molar-refractivity contribution in [1.29, 1.82) is 5.26 Å². The summed E-state index contributed by atoms with van der Waals surface area (Å²) < 4.78 is 0. The largest absolute Gasteiger partial charge is 0.368 e. The summed E-state index contributed by atoms with van der Waals surface area (Å²) in [5.41, 5.74) is 2.20. The minimum absolute atomic E-state index is 0.0469. The lowest BCUT2D eigenvalue weighted by atomic mass is 10.0. The molecule has 0 radical (unpaired) electrons. The summed E-state index contributed by atoms with van der Waals surface area (Å²) in [6.07, 6.45) is 3.45. The van der Waals surface area contributed by atoms with Crippen molar-refractivity contribution in [2.24, 2.45) is 0 Å². The summed E-state index contributed by atoms with van der Waals surface area (Å²) >= 11 is 0. The van der Waals surface area contributed by atoms with E-state index in [1.54, 1.807) is 19.1 Å². The van der Waals surface area contributed by atoms with E-state index in [0.717, 1.165) is 18.7 Å². The molecule has 0 aliphatic rings. The normalized spacial score (nSPS) is 10.4. The van der Waals surface area contributed by atoms with Crippen LogP contribution in [-0.2, 0) is 0 Å². The Morgan fingerprint density at radius 2 is 2.05 bits per heavy atom. The second-order valence-electron chi connectivity index (χ2n) is 5.39. The Morgan fingerprint density at radius 3 is 2.55 bits per heavy atom. The summed E-state index contributed by atoms with van der Waals surface area (Å²) in [4.78, 5) is 14.0. The molecule has 3 heteroatoms. The highest BCUT2D eigenvalue weighted by Gasteiger charge is 2.17. The van der Waals surface area contributed by atoms with Gasteiger partial charge in [-0.25, -0.2) is 0 Å². The van der Waals surface area contributed by atoms with Crippen LogP contribution in [-0.4, -0.2) is 18.4 Å². The van der Waals surface area contributed by atoms with Crippen LogP contribution < -0.4 is 4.90 Å². The van der Waals surface area contributed by atoms with E-state index in [2.05, 4.69) is 31.7 Å². The molecule has 0 aliphatic heterocycles. The summed E-state index contributed by atoms with van der Waals surface area (Å²) in [5.74, 6) is 0.0469. The second kappa shape index (κ2) is 7.69. The molecule has 0 amide bonds. The molecule has 0 heterocycles. The van der Waals surface area contributed by atoms with E-state index in [-0.39, 0.29) is 5.78 Å². The maximum absolute atomic E-state index is 11.8. The Labute approximate surface area is 122 Å². The second-order valence-corrected chi connectivity index (χ2v) is 5.39. The molecule has 0 spiro atoms. The highest BCUT2D eigenvalue weighted by molar-refractivity contribution is 6.00. The number of Topliss-reactive ketones (excluding diaryl/α,β-unsaturated/α-hetero) is 1. The first kappa shape index (κ1) is 16.2. The van der Waals surface area contributed by atoms with E-state index in [1.807, 2.05) is 6.07 Å². The lowest BCUT2D eigenvalue weighted by Crippen LogP contribution is -2.33. The smallest absolute Gasteiger partial charge is 0.161 e. The molecule has 0 unspecified atom stereocenters. The van der Waals surface area contributed by atoms with Gasteiger partial charge >= 0.3 is 0 Å². The van der Waals surface area contributed by atoms with Gasteiger partial charge in [0.1, 0.15) is 0 Å². The van der Waals surface area contributed by atoms with Gasteiger partial charge in [-0.05, 0) is 45.4 Å². The van der Waals surface area contributed by atoms with Crippen LogP contribution in [0.5, 0.6) is 0 Å². The Kier molecular flexibility index (Phi) is 6.24. The van der Waals surface area contributed by atoms with Crippen LogP contribution in [0.3, 0.4) is 0 Å². The van der Waals surface area contributed by atoms with Crippen molar-refractivity contribution < 1.29 is 4.79 Å². The quantitative estimate of drug-likeness (QED) is 0.553. The molecular formula is C17H24N2O. The SMILES string of the molecule is CCCCCN(c1cc(C#N)ccc1C(C)=O)C(C)C. The number of rotatable bonds is 7. The minimum atomic E-state index is 0.0469. The lowest BCUT2D eigenvalue weighted by Gasteiger charge is -2.30. The van der Waals surface area contributed by atoms with Gasteiger partial charge in [0.2, 0.25) is 0 Å². The number of carbonyl (C=O) groups excluding carboxylic acids is 1. The van der Waals surface area contributed by atoms with E-state index < -0.39 is 0 Å². The first-order chi connectivity index (χ1) is 9.51. The highest BCUT2D eigenvalue weighted by Crippen LogP contribution is 2.25. The van der Waals surface area contributed by atoms with Crippen molar-refractivity contribution in [1.82, 2.24) is 0 Å². The predicted octanol–water partition coefficient (Wildman–Crippen LogP) is 4.17. The maximum Gasteiger partial charge on any atom is 0.161 e. The van der Waals surface area contributed by atoms with Gasteiger partial charge in [0, 0.05) is 23.8 Å². The number of ketones is 1. The Hall–Kier alpha value is -1.82. The molecule has 108 valence electrons. The lowest BCUT2D eigenvalue weighted by molar-refractivity contribution is 0.101. The van der Waals surface area contributed by atoms with Crippen molar-refractivity contribution in [3.05, 3.63) is 29.3 Å². The third-order valence-electron chi connectivity index (χ3n) is 3.44. The number of carbonyl (C=O) groups is 1. The summed E-state index contributed by atoms with van der Waals surface area (Å²) in [7, 11) is 0. The van der Waals surface area contributed by atoms with Gasteiger partial charge in [0.25, 0.3) is 0 Å². The number of anilines is 1. The van der Waals surface area contributed by atoms with Crippen LogP contribution in [0.2, 0.25) is 0 Å². The van der Waals surface area contributed by atoms with Crippen LogP contribution in [0.15, 0.2) is 18.2 Å². The molecular weight excluding hydrogens is 248 g/mol. The first-order valence-electron chi connectivity index (χ1n) is 7.33. The van der Waals surface area contributed by atoms with Crippen molar-refractivity contribution in [2.75, 3.05) is 11.4 Å². The zero-order chi connectivity index (χ0) is 15.1. The van der Waals surface area contributed by atoms with Crippen LogP contribution in [0.4, 0.5) is 5.69 Å². The molecule has 1 aromatic rings. The number of unbranched alkanes of at least 4 members (excludes halogenated alkanes) is 2. The van der Waals surface area contributed by atoms with E-state index in [9.17, 15) is 4.79 Å². The van der Waals surface area contributed by atoms with E-state index in [4.69, 9.17) is 5.26 Å². The number of nitriles is 1. The molecule has 0 saturated heterocycles. The molecule has 20 heavy (non-hydrogen) atoms.